The fraction of sp³-hybridized carbons (Fsp3) is 0.462. The number of hydrogen-bond acceptors (Lipinski definition) is 4. The van der Waals surface area contributed by atoms with Crippen LogP contribution in [0.4, 0.5) is 0 Å². The van der Waals surface area contributed by atoms with Crippen LogP contribution in [-0.2, 0) is 28.0 Å². The molecule has 7 heteroatoms. The molecule has 20 heavy (non-hydrogen) atoms. The first-order valence-corrected chi connectivity index (χ1v) is 6.20. The maximum atomic E-state index is 12.3. The number of carboxylic acids is 2. The van der Waals surface area contributed by atoms with E-state index in [1.807, 2.05) is 0 Å². The monoisotopic (exact) mass is 281 g/mol. The lowest BCUT2D eigenvalue weighted by Gasteiger charge is -2.23. The van der Waals surface area contributed by atoms with Gasteiger partial charge in [0.2, 0.25) is 0 Å². The Kier molecular flexibility index (Phi) is 3.29. The average Bonchev–Trinajstić information content (AvgIpc) is 2.72. The van der Waals surface area contributed by atoms with Crippen LogP contribution in [-0.4, -0.2) is 31.8 Å². The van der Waals surface area contributed by atoms with Gasteiger partial charge in [-0.25, -0.2) is 4.79 Å². The Morgan fingerprint density at radius 2 is 2.05 bits per heavy atom. The minimum atomic E-state index is -1.40. The molecule has 0 bridgehead atoms. The molecule has 1 aromatic rings. The number of aryl methyl sites for hydroxylation is 1. The number of fused-ring (bicyclic) bond motifs is 1. The number of rotatable bonds is 4. The quantitative estimate of drug-likeness (QED) is 0.731. The van der Waals surface area contributed by atoms with Crippen LogP contribution >= 0.6 is 0 Å². The highest BCUT2D eigenvalue weighted by Gasteiger charge is 2.43. The highest BCUT2D eigenvalue weighted by atomic mass is 16.4. The smallest absolute Gasteiger partial charge is 0.329 e. The summed E-state index contributed by atoms with van der Waals surface area (Å²) in [7, 11) is 0. The second-order valence-corrected chi connectivity index (χ2v) is 5.11. The van der Waals surface area contributed by atoms with E-state index in [0.717, 1.165) is 4.57 Å². The molecule has 0 radical (unpaired) electrons. The number of nitrogens with zero attached hydrogens (tertiary/aromatic N) is 1. The summed E-state index contributed by atoms with van der Waals surface area (Å²) in [6.07, 6.45) is 0.214. The van der Waals surface area contributed by atoms with Crippen molar-refractivity contribution in [1.82, 2.24) is 4.57 Å². The molecule has 108 valence electrons. The lowest BCUT2D eigenvalue weighted by atomic mass is 10.00. The molecule has 0 saturated carbocycles. The highest BCUT2D eigenvalue weighted by Crippen LogP contribution is 2.35. The van der Waals surface area contributed by atoms with E-state index < -0.39 is 23.0 Å². The van der Waals surface area contributed by atoms with Crippen molar-refractivity contribution in [2.24, 2.45) is 0 Å². The molecule has 7 nitrogen and oxygen atoms in total. The van der Waals surface area contributed by atoms with E-state index in [0.29, 0.717) is 12.1 Å². The van der Waals surface area contributed by atoms with E-state index in [2.05, 4.69) is 0 Å². The SMILES string of the molecule is CC1(C(=O)O)CCc2c(O)cc(CCC(=O)O)c(=O)n21. The minimum Gasteiger partial charge on any atom is -0.506 e. The number of aromatic nitrogens is 1. The molecule has 0 saturated heterocycles. The fourth-order valence-electron chi connectivity index (χ4n) is 2.55. The summed E-state index contributed by atoms with van der Waals surface area (Å²) in [5, 5.41) is 27.9. The predicted molar refractivity (Wildman–Crippen MR) is 67.9 cm³/mol. The van der Waals surface area contributed by atoms with Crippen LogP contribution in [0.15, 0.2) is 10.9 Å². The molecule has 0 spiro atoms. The van der Waals surface area contributed by atoms with Crippen molar-refractivity contribution in [3.63, 3.8) is 0 Å². The number of carboxylic acid groups (broad SMARTS) is 2. The van der Waals surface area contributed by atoms with Gasteiger partial charge in [-0.15, -0.1) is 0 Å². The molecule has 2 rings (SSSR count). The van der Waals surface area contributed by atoms with E-state index in [4.69, 9.17) is 5.11 Å². The Hall–Kier alpha value is -2.31. The minimum absolute atomic E-state index is 0.0439. The summed E-state index contributed by atoms with van der Waals surface area (Å²) in [5.41, 5.74) is -1.54. The molecule has 0 amide bonds. The van der Waals surface area contributed by atoms with E-state index in [9.17, 15) is 24.6 Å². The highest BCUT2D eigenvalue weighted by molar-refractivity contribution is 5.77. The molecule has 0 aromatic carbocycles. The summed E-state index contributed by atoms with van der Waals surface area (Å²) in [5.74, 6) is -2.36. The average molecular weight is 281 g/mol. The first-order valence-electron chi connectivity index (χ1n) is 6.20. The molecule has 0 fully saturated rings. The first-order chi connectivity index (χ1) is 9.27. The van der Waals surface area contributed by atoms with E-state index in [1.165, 1.54) is 13.0 Å². The third kappa shape index (κ3) is 2.04. The Labute approximate surface area is 114 Å². The zero-order valence-electron chi connectivity index (χ0n) is 10.9. The molecule has 1 aromatic heterocycles. The van der Waals surface area contributed by atoms with Crippen molar-refractivity contribution in [3.8, 4) is 5.75 Å². The lowest BCUT2D eigenvalue weighted by Crippen LogP contribution is -2.43. The van der Waals surface area contributed by atoms with Gasteiger partial charge in [0, 0.05) is 12.0 Å². The maximum Gasteiger partial charge on any atom is 0.329 e. The van der Waals surface area contributed by atoms with Crippen LogP contribution < -0.4 is 5.56 Å². The Morgan fingerprint density at radius 3 is 2.60 bits per heavy atom. The van der Waals surface area contributed by atoms with Crippen LogP contribution in [0.25, 0.3) is 0 Å². The van der Waals surface area contributed by atoms with Crippen molar-refractivity contribution < 1.29 is 24.9 Å². The number of pyridine rings is 1. The summed E-state index contributed by atoms with van der Waals surface area (Å²) in [6.45, 7) is 1.42. The molecule has 1 aliphatic rings. The third-order valence-corrected chi connectivity index (χ3v) is 3.77. The third-order valence-electron chi connectivity index (χ3n) is 3.77. The van der Waals surface area contributed by atoms with Crippen molar-refractivity contribution in [1.29, 1.82) is 0 Å². The zero-order valence-corrected chi connectivity index (χ0v) is 10.9. The van der Waals surface area contributed by atoms with Crippen LogP contribution in [0.3, 0.4) is 0 Å². The van der Waals surface area contributed by atoms with Gasteiger partial charge in [-0.3, -0.25) is 14.2 Å². The molecule has 1 atom stereocenters. The summed E-state index contributed by atoms with van der Waals surface area (Å²) in [4.78, 5) is 34.3. The maximum absolute atomic E-state index is 12.3. The molecular weight excluding hydrogens is 266 g/mol. The largest absolute Gasteiger partial charge is 0.506 e. The number of hydrogen-bond donors (Lipinski definition) is 3. The number of aliphatic carboxylic acids is 2. The van der Waals surface area contributed by atoms with Gasteiger partial charge in [0.25, 0.3) is 5.56 Å². The van der Waals surface area contributed by atoms with Crippen LogP contribution in [0.2, 0.25) is 0 Å². The van der Waals surface area contributed by atoms with Crippen molar-refractivity contribution in [2.75, 3.05) is 0 Å². The van der Waals surface area contributed by atoms with Gasteiger partial charge >= 0.3 is 11.9 Å². The topological polar surface area (TPSA) is 117 Å². The fourth-order valence-corrected chi connectivity index (χ4v) is 2.55. The molecule has 1 unspecified atom stereocenters. The number of carbonyl (C=O) groups is 2. The molecule has 1 aliphatic heterocycles. The van der Waals surface area contributed by atoms with Gasteiger partial charge in [-0.05, 0) is 32.3 Å². The van der Waals surface area contributed by atoms with Gasteiger partial charge in [0.05, 0.1) is 5.69 Å². The summed E-state index contributed by atoms with van der Waals surface area (Å²) >= 11 is 0. The second-order valence-electron chi connectivity index (χ2n) is 5.11. The van der Waals surface area contributed by atoms with E-state index in [1.54, 1.807) is 0 Å². The molecule has 2 heterocycles. The normalized spacial score (nSPS) is 20.6. The first kappa shape index (κ1) is 14.1. The lowest BCUT2D eigenvalue weighted by molar-refractivity contribution is -0.146. The van der Waals surface area contributed by atoms with Crippen molar-refractivity contribution in [2.45, 2.75) is 38.1 Å². The van der Waals surface area contributed by atoms with Crippen LogP contribution in [0.5, 0.6) is 5.75 Å². The summed E-state index contributed by atoms with van der Waals surface area (Å²) < 4.78 is 1.09. The van der Waals surface area contributed by atoms with Gasteiger partial charge in [-0.1, -0.05) is 0 Å². The van der Waals surface area contributed by atoms with Gasteiger partial charge < -0.3 is 15.3 Å². The van der Waals surface area contributed by atoms with Crippen LogP contribution in [0.1, 0.15) is 31.0 Å². The van der Waals surface area contributed by atoms with Gasteiger partial charge in [0.1, 0.15) is 11.3 Å². The van der Waals surface area contributed by atoms with Gasteiger partial charge in [0.15, 0.2) is 0 Å². The molecule has 0 aliphatic carbocycles. The Bertz CT molecular complexity index is 647. The predicted octanol–water partition coefficient (Wildman–Crippen LogP) is 0.317. The van der Waals surface area contributed by atoms with Gasteiger partial charge in [-0.2, -0.15) is 0 Å². The van der Waals surface area contributed by atoms with Crippen molar-refractivity contribution in [3.05, 3.63) is 27.7 Å². The Balaban J connectivity index is 2.57. The number of aromatic hydroxyl groups is 1. The van der Waals surface area contributed by atoms with E-state index >= 15 is 0 Å². The van der Waals surface area contributed by atoms with E-state index in [-0.39, 0.29) is 30.6 Å². The molecular formula is C13H15NO6. The second kappa shape index (κ2) is 4.66. The van der Waals surface area contributed by atoms with Crippen molar-refractivity contribution >= 4 is 11.9 Å². The van der Waals surface area contributed by atoms with Crippen LogP contribution in [0, 0.1) is 0 Å². The summed E-state index contributed by atoms with van der Waals surface area (Å²) in [6, 6.07) is 1.24. The molecule has 3 N–H and O–H groups in total. The zero-order chi connectivity index (χ0) is 15.1. The standard InChI is InChI=1S/C13H15NO6/c1-13(12(19)20)5-4-8-9(15)6-7(2-3-10(16)17)11(18)14(8)13/h6,15H,2-5H2,1H3,(H,16,17)(H,19,20). The Morgan fingerprint density at radius 1 is 1.40 bits per heavy atom.